The Morgan fingerprint density at radius 1 is 1.00 bits per heavy atom. The van der Waals surface area contributed by atoms with Crippen LogP contribution in [-0.4, -0.2) is 40.6 Å². The summed E-state index contributed by atoms with van der Waals surface area (Å²) in [6, 6.07) is 27.3. The third kappa shape index (κ3) is 5.51. The molecular formula is C31H31N5O3. The highest BCUT2D eigenvalue weighted by Crippen LogP contribution is 2.40. The first-order chi connectivity index (χ1) is 18.7. The first-order valence-corrected chi connectivity index (χ1v) is 12.7. The Kier molecular flexibility index (Phi) is 8.06. The normalized spacial score (nSPS) is 17.8. The van der Waals surface area contributed by atoms with Gasteiger partial charge in [-0.05, 0) is 43.0 Å². The zero-order chi connectivity index (χ0) is 28.0. The van der Waals surface area contributed by atoms with Gasteiger partial charge in [0.25, 0.3) is 0 Å². The van der Waals surface area contributed by atoms with Crippen LogP contribution in [0.4, 0.5) is 0 Å². The van der Waals surface area contributed by atoms with Crippen molar-refractivity contribution in [3.05, 3.63) is 118 Å². The average molecular weight is 522 g/mol. The van der Waals surface area contributed by atoms with Gasteiger partial charge in [-0.2, -0.15) is 0 Å². The van der Waals surface area contributed by atoms with E-state index >= 15 is 0 Å². The second-order valence-electron chi connectivity index (χ2n) is 10.3. The maximum Gasteiger partial charge on any atom is 0.330 e. The van der Waals surface area contributed by atoms with Gasteiger partial charge in [-0.3, -0.25) is 10.1 Å². The number of nitrogens with one attached hydrogen (secondary N) is 1. The maximum atomic E-state index is 13.8. The Labute approximate surface area is 228 Å². The lowest BCUT2D eigenvalue weighted by atomic mass is 9.75. The van der Waals surface area contributed by atoms with E-state index in [1.54, 1.807) is 20.8 Å². The van der Waals surface area contributed by atoms with E-state index in [1.165, 1.54) is 4.90 Å². The van der Waals surface area contributed by atoms with Gasteiger partial charge in [-0.15, -0.1) is 12.3 Å². The Bertz CT molecular complexity index is 1290. The van der Waals surface area contributed by atoms with Crippen LogP contribution in [0.1, 0.15) is 43.9 Å². The Balaban J connectivity index is 1.82. The van der Waals surface area contributed by atoms with Gasteiger partial charge in [-0.25, -0.2) is 4.79 Å². The molecule has 1 aliphatic heterocycles. The maximum absolute atomic E-state index is 13.8. The molecule has 1 aliphatic rings. The quantitative estimate of drug-likeness (QED) is 0.0799. The predicted molar refractivity (Wildman–Crippen MR) is 149 cm³/mol. The summed E-state index contributed by atoms with van der Waals surface area (Å²) in [5.74, 6) is 1.40. The van der Waals surface area contributed by atoms with Crippen molar-refractivity contribution in [1.29, 1.82) is 0 Å². The molecule has 1 fully saturated rings. The number of benzene rings is 3. The zero-order valence-corrected chi connectivity index (χ0v) is 22.2. The molecule has 0 aromatic heterocycles. The predicted octanol–water partition coefficient (Wildman–Crippen LogP) is 5.15. The van der Waals surface area contributed by atoms with Gasteiger partial charge in [0, 0.05) is 11.3 Å². The van der Waals surface area contributed by atoms with Gasteiger partial charge in [0.2, 0.25) is 5.91 Å². The number of terminal acetylenes is 1. The molecule has 8 nitrogen and oxygen atoms in total. The topological polar surface area (TPSA) is 107 Å². The van der Waals surface area contributed by atoms with Crippen LogP contribution in [-0.2, 0) is 19.9 Å². The van der Waals surface area contributed by atoms with Crippen LogP contribution in [0.2, 0.25) is 0 Å². The molecule has 0 bridgehead atoms. The molecule has 1 saturated heterocycles. The second kappa shape index (κ2) is 11.4. The van der Waals surface area contributed by atoms with Crippen molar-refractivity contribution < 1.29 is 14.3 Å². The van der Waals surface area contributed by atoms with Crippen LogP contribution in [0.5, 0.6) is 0 Å². The average Bonchev–Trinajstić information content (AvgIpc) is 2.93. The fraction of sp³-hybridized carbons (Fsp3) is 0.290. The number of ether oxygens (including phenoxy) is 1. The van der Waals surface area contributed by atoms with E-state index in [4.69, 9.17) is 11.2 Å². The van der Waals surface area contributed by atoms with Gasteiger partial charge in [0.1, 0.15) is 23.9 Å². The van der Waals surface area contributed by atoms with Crippen molar-refractivity contribution >= 4 is 11.9 Å². The number of carbonyl (C=O) groups is 2. The molecule has 1 amide bonds. The van der Waals surface area contributed by atoms with Crippen molar-refractivity contribution in [3.8, 4) is 12.3 Å². The molecule has 0 spiro atoms. The lowest BCUT2D eigenvalue weighted by Crippen LogP contribution is -2.75. The van der Waals surface area contributed by atoms with Crippen LogP contribution in [0.25, 0.3) is 10.4 Å². The van der Waals surface area contributed by atoms with Crippen molar-refractivity contribution in [2.24, 2.45) is 5.11 Å². The summed E-state index contributed by atoms with van der Waals surface area (Å²) in [6.07, 6.45) is 4.47. The van der Waals surface area contributed by atoms with E-state index in [9.17, 15) is 15.1 Å². The van der Waals surface area contributed by atoms with E-state index in [0.29, 0.717) is 0 Å². The van der Waals surface area contributed by atoms with Gasteiger partial charge in [-0.1, -0.05) is 96.1 Å². The van der Waals surface area contributed by atoms with Crippen LogP contribution < -0.4 is 5.32 Å². The number of β-lactam (4-membered cyclic amide) rings is 1. The molecule has 3 aromatic rings. The molecule has 1 unspecified atom stereocenters. The van der Waals surface area contributed by atoms with E-state index < -0.39 is 41.3 Å². The molecule has 198 valence electrons. The van der Waals surface area contributed by atoms with E-state index in [-0.39, 0.29) is 6.42 Å². The number of carbonyl (C=O) groups excluding carboxylic acids is 2. The Hall–Kier alpha value is -4.57. The van der Waals surface area contributed by atoms with Crippen LogP contribution >= 0.6 is 0 Å². The Morgan fingerprint density at radius 2 is 1.46 bits per heavy atom. The Morgan fingerprint density at radius 3 is 1.85 bits per heavy atom. The number of hydrogen-bond acceptors (Lipinski definition) is 5. The minimum absolute atomic E-state index is 0.0774. The fourth-order valence-electron chi connectivity index (χ4n) is 4.97. The van der Waals surface area contributed by atoms with E-state index in [2.05, 4.69) is 21.3 Å². The SMILES string of the molecule is C#CCC(C(=O)OC(C)(C)C)N1C(=O)[C@@H](NC(c2ccccc2)(c2ccccc2)c2ccccc2)[C@H]1N=[N+]=[N-]. The summed E-state index contributed by atoms with van der Waals surface area (Å²) in [7, 11) is 0. The molecule has 0 saturated carbocycles. The number of likely N-dealkylation sites (tertiary alicyclic amines) is 1. The molecule has 1 N–H and O–H groups in total. The van der Waals surface area contributed by atoms with Crippen LogP contribution in [0.3, 0.4) is 0 Å². The highest BCUT2D eigenvalue weighted by molar-refractivity contribution is 5.94. The molecule has 1 heterocycles. The van der Waals surface area contributed by atoms with Gasteiger partial charge in [0.05, 0.1) is 5.54 Å². The van der Waals surface area contributed by atoms with Crippen molar-refractivity contribution in [2.45, 2.75) is 56.6 Å². The smallest absolute Gasteiger partial charge is 0.330 e. The number of amides is 1. The van der Waals surface area contributed by atoms with Gasteiger partial charge < -0.3 is 9.64 Å². The highest BCUT2D eigenvalue weighted by atomic mass is 16.6. The highest BCUT2D eigenvalue weighted by Gasteiger charge is 2.55. The molecule has 8 heteroatoms. The summed E-state index contributed by atoms with van der Waals surface area (Å²) < 4.78 is 5.54. The number of rotatable bonds is 9. The summed E-state index contributed by atoms with van der Waals surface area (Å²) in [4.78, 5) is 31.1. The van der Waals surface area contributed by atoms with Crippen LogP contribution in [0.15, 0.2) is 96.1 Å². The number of azide groups is 1. The molecule has 39 heavy (non-hydrogen) atoms. The summed E-state index contributed by atoms with van der Waals surface area (Å²) >= 11 is 0. The minimum atomic E-state index is -1.09. The van der Waals surface area contributed by atoms with E-state index in [0.717, 1.165) is 16.7 Å². The third-order valence-corrected chi connectivity index (χ3v) is 6.59. The molecule has 0 aliphatic carbocycles. The molecule has 4 rings (SSSR count). The third-order valence-electron chi connectivity index (χ3n) is 6.59. The standard InChI is InChI=1S/C31H31N5O3/c1-5-15-25(29(38)39-30(2,3)4)36-27(34-35-32)26(28(36)37)33-31(22-16-9-6-10-17-22,23-18-11-7-12-19-23)24-20-13-8-14-21-24/h1,6-14,16-21,25-27,33H,15H2,2-4H3/t25?,26-,27-/m0/s1. The number of hydrogen-bond donors (Lipinski definition) is 1. The summed E-state index contributed by atoms with van der Waals surface area (Å²) in [6.45, 7) is 5.21. The summed E-state index contributed by atoms with van der Waals surface area (Å²) in [5, 5.41) is 7.49. The summed E-state index contributed by atoms with van der Waals surface area (Å²) in [5.41, 5.74) is 10.3. The first kappa shape index (κ1) is 27.5. The van der Waals surface area contributed by atoms with Gasteiger partial charge >= 0.3 is 5.97 Å². The molecule has 0 radical (unpaired) electrons. The first-order valence-electron chi connectivity index (χ1n) is 12.7. The van der Waals surface area contributed by atoms with Crippen molar-refractivity contribution in [1.82, 2.24) is 10.2 Å². The largest absolute Gasteiger partial charge is 0.458 e. The van der Waals surface area contributed by atoms with Crippen molar-refractivity contribution in [3.63, 3.8) is 0 Å². The molecule has 3 aromatic carbocycles. The lowest BCUT2D eigenvalue weighted by Gasteiger charge is -2.51. The van der Waals surface area contributed by atoms with Crippen LogP contribution in [0, 0.1) is 12.3 Å². The van der Waals surface area contributed by atoms with Gasteiger partial charge in [0.15, 0.2) is 0 Å². The van der Waals surface area contributed by atoms with E-state index in [1.807, 2.05) is 91.0 Å². The van der Waals surface area contributed by atoms with Crippen molar-refractivity contribution in [2.75, 3.05) is 0 Å². The fourth-order valence-corrected chi connectivity index (χ4v) is 4.97. The minimum Gasteiger partial charge on any atom is -0.458 e. The number of esters is 1. The lowest BCUT2D eigenvalue weighted by molar-refractivity contribution is -0.175. The second-order valence-corrected chi connectivity index (χ2v) is 10.3. The zero-order valence-electron chi connectivity index (χ0n) is 22.2. The molecule has 3 atom stereocenters. The monoisotopic (exact) mass is 521 g/mol. The number of nitrogens with zero attached hydrogens (tertiary/aromatic N) is 4. The molecular weight excluding hydrogens is 490 g/mol.